The molecule has 1 nitrogen and oxygen atoms in total. The lowest BCUT2D eigenvalue weighted by Gasteiger charge is -2.12. The molecule has 2 aromatic rings. The zero-order valence-electron chi connectivity index (χ0n) is 10.6. The maximum atomic E-state index is 9.63. The van der Waals surface area contributed by atoms with Gasteiger partial charge >= 0.3 is 0 Å². The normalized spacial score (nSPS) is 12.5. The number of aliphatic hydroxyl groups excluding tert-OH is 1. The highest BCUT2D eigenvalue weighted by Gasteiger charge is 2.07. The Hall–Kier alpha value is -1.60. The SMILES string of the molecule is Cc1cccc(C)c1-c1cccc(C(C)O)c1. The van der Waals surface area contributed by atoms with Crippen LogP contribution in [-0.4, -0.2) is 5.11 Å². The molecule has 0 saturated carbocycles. The van der Waals surface area contributed by atoms with Crippen LogP contribution in [0, 0.1) is 13.8 Å². The Morgan fingerprint density at radius 1 is 0.941 bits per heavy atom. The molecule has 1 N–H and O–H groups in total. The Balaban J connectivity index is 2.57. The number of benzene rings is 2. The second-order valence-electron chi connectivity index (χ2n) is 4.57. The fourth-order valence-corrected chi connectivity index (χ4v) is 2.22. The second-order valence-corrected chi connectivity index (χ2v) is 4.57. The fraction of sp³-hybridized carbons (Fsp3) is 0.250. The third-order valence-corrected chi connectivity index (χ3v) is 3.14. The lowest BCUT2D eigenvalue weighted by atomic mass is 9.94. The van der Waals surface area contributed by atoms with Crippen LogP contribution in [0.5, 0.6) is 0 Å². The largest absolute Gasteiger partial charge is 0.389 e. The monoisotopic (exact) mass is 226 g/mol. The average Bonchev–Trinajstić information content (AvgIpc) is 2.29. The van der Waals surface area contributed by atoms with Crippen LogP contribution in [-0.2, 0) is 0 Å². The van der Waals surface area contributed by atoms with Gasteiger partial charge in [-0.1, -0.05) is 36.4 Å². The van der Waals surface area contributed by atoms with Gasteiger partial charge in [-0.05, 0) is 54.7 Å². The maximum Gasteiger partial charge on any atom is 0.0762 e. The predicted molar refractivity (Wildman–Crippen MR) is 72.0 cm³/mol. The van der Waals surface area contributed by atoms with Crippen LogP contribution in [0.15, 0.2) is 42.5 Å². The Morgan fingerprint density at radius 3 is 2.12 bits per heavy atom. The van der Waals surface area contributed by atoms with Crippen LogP contribution in [0.25, 0.3) is 11.1 Å². The molecule has 1 heteroatoms. The van der Waals surface area contributed by atoms with Gasteiger partial charge in [0.1, 0.15) is 0 Å². The Morgan fingerprint density at radius 2 is 1.53 bits per heavy atom. The minimum atomic E-state index is -0.417. The molecule has 0 aliphatic rings. The van der Waals surface area contributed by atoms with Crippen molar-refractivity contribution in [3.8, 4) is 11.1 Å². The van der Waals surface area contributed by atoms with E-state index in [1.54, 1.807) is 6.92 Å². The molecule has 0 fully saturated rings. The van der Waals surface area contributed by atoms with E-state index in [4.69, 9.17) is 0 Å². The summed E-state index contributed by atoms with van der Waals surface area (Å²) in [5.41, 5.74) is 5.96. The molecular weight excluding hydrogens is 208 g/mol. The lowest BCUT2D eigenvalue weighted by molar-refractivity contribution is 0.199. The third kappa shape index (κ3) is 2.40. The molecule has 0 spiro atoms. The van der Waals surface area contributed by atoms with Gasteiger partial charge in [0, 0.05) is 0 Å². The number of rotatable bonds is 2. The predicted octanol–water partition coefficient (Wildman–Crippen LogP) is 4.02. The molecule has 2 aromatic carbocycles. The van der Waals surface area contributed by atoms with Crippen molar-refractivity contribution in [2.24, 2.45) is 0 Å². The van der Waals surface area contributed by atoms with E-state index >= 15 is 0 Å². The second kappa shape index (κ2) is 4.72. The van der Waals surface area contributed by atoms with E-state index in [0.717, 1.165) is 5.56 Å². The summed E-state index contributed by atoms with van der Waals surface area (Å²) in [7, 11) is 0. The first kappa shape index (κ1) is 11.9. The van der Waals surface area contributed by atoms with E-state index in [0.29, 0.717) is 0 Å². The van der Waals surface area contributed by atoms with Crippen LogP contribution < -0.4 is 0 Å². The van der Waals surface area contributed by atoms with Crippen LogP contribution in [0.1, 0.15) is 29.7 Å². The highest BCUT2D eigenvalue weighted by molar-refractivity contribution is 5.71. The molecule has 1 atom stereocenters. The van der Waals surface area contributed by atoms with E-state index in [-0.39, 0.29) is 0 Å². The molecule has 0 saturated heterocycles. The average molecular weight is 226 g/mol. The van der Waals surface area contributed by atoms with E-state index in [2.05, 4.69) is 44.2 Å². The van der Waals surface area contributed by atoms with Gasteiger partial charge in [-0.3, -0.25) is 0 Å². The number of hydrogen-bond acceptors (Lipinski definition) is 1. The highest BCUT2D eigenvalue weighted by Crippen LogP contribution is 2.28. The van der Waals surface area contributed by atoms with Gasteiger partial charge in [0.25, 0.3) is 0 Å². The standard InChI is InChI=1S/C16H18O/c1-11-6-4-7-12(2)16(11)15-9-5-8-14(10-15)13(3)17/h4-10,13,17H,1-3H3. The molecule has 2 rings (SSSR count). The first-order chi connectivity index (χ1) is 8.09. The summed E-state index contributed by atoms with van der Waals surface area (Å²) in [4.78, 5) is 0. The van der Waals surface area contributed by atoms with Crippen molar-refractivity contribution in [2.75, 3.05) is 0 Å². The zero-order chi connectivity index (χ0) is 12.4. The van der Waals surface area contributed by atoms with Crippen molar-refractivity contribution < 1.29 is 5.11 Å². The van der Waals surface area contributed by atoms with Gasteiger partial charge in [-0.25, -0.2) is 0 Å². The summed E-state index contributed by atoms with van der Waals surface area (Å²) in [6.45, 7) is 6.04. The van der Waals surface area contributed by atoms with Crippen molar-refractivity contribution in [3.63, 3.8) is 0 Å². The van der Waals surface area contributed by atoms with Crippen molar-refractivity contribution in [3.05, 3.63) is 59.2 Å². The van der Waals surface area contributed by atoms with Crippen molar-refractivity contribution in [1.29, 1.82) is 0 Å². The molecule has 0 aliphatic heterocycles. The summed E-state index contributed by atoms with van der Waals surface area (Å²) in [5.74, 6) is 0. The first-order valence-electron chi connectivity index (χ1n) is 5.94. The van der Waals surface area contributed by atoms with Crippen molar-refractivity contribution in [1.82, 2.24) is 0 Å². The minimum Gasteiger partial charge on any atom is -0.389 e. The minimum absolute atomic E-state index is 0.417. The van der Waals surface area contributed by atoms with Gasteiger partial charge in [0.15, 0.2) is 0 Å². The molecule has 0 heterocycles. The number of aryl methyl sites for hydroxylation is 2. The summed E-state index contributed by atoms with van der Waals surface area (Å²) in [6.07, 6.45) is -0.417. The molecule has 1 unspecified atom stereocenters. The topological polar surface area (TPSA) is 20.2 Å². The van der Waals surface area contributed by atoms with Gasteiger partial charge < -0.3 is 5.11 Å². The fourth-order valence-electron chi connectivity index (χ4n) is 2.22. The zero-order valence-corrected chi connectivity index (χ0v) is 10.6. The lowest BCUT2D eigenvalue weighted by Crippen LogP contribution is -1.93. The number of aliphatic hydroxyl groups is 1. The smallest absolute Gasteiger partial charge is 0.0762 e. The number of hydrogen-bond donors (Lipinski definition) is 1. The van der Waals surface area contributed by atoms with Crippen LogP contribution in [0.3, 0.4) is 0 Å². The van der Waals surface area contributed by atoms with Gasteiger partial charge in [-0.2, -0.15) is 0 Å². The van der Waals surface area contributed by atoms with Crippen LogP contribution in [0.4, 0.5) is 0 Å². The quantitative estimate of drug-likeness (QED) is 0.820. The summed E-state index contributed by atoms with van der Waals surface area (Å²) >= 11 is 0. The van der Waals surface area contributed by atoms with Crippen LogP contribution >= 0.6 is 0 Å². The van der Waals surface area contributed by atoms with Gasteiger partial charge in [0.2, 0.25) is 0 Å². The molecule has 0 aromatic heterocycles. The highest BCUT2D eigenvalue weighted by atomic mass is 16.3. The maximum absolute atomic E-state index is 9.63. The van der Waals surface area contributed by atoms with E-state index in [9.17, 15) is 5.11 Å². The van der Waals surface area contributed by atoms with Gasteiger partial charge in [-0.15, -0.1) is 0 Å². The molecule has 17 heavy (non-hydrogen) atoms. The third-order valence-electron chi connectivity index (χ3n) is 3.14. The molecule has 0 bridgehead atoms. The van der Waals surface area contributed by atoms with E-state index < -0.39 is 6.10 Å². The summed E-state index contributed by atoms with van der Waals surface area (Å²) in [6, 6.07) is 14.5. The Kier molecular flexibility index (Phi) is 3.30. The first-order valence-corrected chi connectivity index (χ1v) is 5.94. The van der Waals surface area contributed by atoms with Crippen molar-refractivity contribution >= 4 is 0 Å². The van der Waals surface area contributed by atoms with E-state index in [1.807, 2.05) is 12.1 Å². The van der Waals surface area contributed by atoms with Gasteiger partial charge in [0.05, 0.1) is 6.10 Å². The molecule has 0 amide bonds. The van der Waals surface area contributed by atoms with Crippen molar-refractivity contribution in [2.45, 2.75) is 26.9 Å². The molecule has 88 valence electrons. The molecular formula is C16H18O. The van der Waals surface area contributed by atoms with Crippen LogP contribution in [0.2, 0.25) is 0 Å². The van der Waals surface area contributed by atoms with E-state index in [1.165, 1.54) is 22.3 Å². The Labute approximate surface area is 103 Å². The summed E-state index contributed by atoms with van der Waals surface area (Å²) < 4.78 is 0. The summed E-state index contributed by atoms with van der Waals surface area (Å²) in [5, 5.41) is 9.63. The Bertz CT molecular complexity index is 507. The molecule has 0 radical (unpaired) electrons. The molecule has 0 aliphatic carbocycles.